The molecule has 2 unspecified atom stereocenters. The summed E-state index contributed by atoms with van der Waals surface area (Å²) >= 11 is 0. The fourth-order valence-corrected chi connectivity index (χ4v) is 5.13. The number of H-pyrrole nitrogens is 2. The van der Waals surface area contributed by atoms with Gasteiger partial charge in [-0.15, -0.1) is 5.10 Å². The van der Waals surface area contributed by atoms with E-state index in [0.29, 0.717) is 53.7 Å². The molecule has 0 saturated heterocycles. The molecule has 12 nitrogen and oxygen atoms in total. The Morgan fingerprint density at radius 3 is 2.68 bits per heavy atom. The molecule has 0 radical (unpaired) electrons. The van der Waals surface area contributed by atoms with Crippen molar-refractivity contribution in [3.63, 3.8) is 0 Å². The van der Waals surface area contributed by atoms with Gasteiger partial charge in [-0.25, -0.2) is 4.68 Å². The normalized spacial score (nSPS) is 17.0. The number of aromatic nitrogens is 7. The molecule has 5 heterocycles. The molecular weight excluding hydrogens is 524 g/mol. The van der Waals surface area contributed by atoms with Gasteiger partial charge in [0.15, 0.2) is 5.52 Å². The molecule has 0 aromatic carbocycles. The van der Waals surface area contributed by atoms with E-state index in [4.69, 9.17) is 14.6 Å². The van der Waals surface area contributed by atoms with Crippen molar-refractivity contribution in [1.82, 2.24) is 39.6 Å². The van der Waals surface area contributed by atoms with Crippen LogP contribution in [-0.2, 0) is 13.6 Å². The van der Waals surface area contributed by atoms with Crippen molar-refractivity contribution in [3.05, 3.63) is 39.1 Å². The summed E-state index contributed by atoms with van der Waals surface area (Å²) in [7, 11) is 1.84. The van der Waals surface area contributed by atoms with E-state index >= 15 is 0 Å². The van der Waals surface area contributed by atoms with Gasteiger partial charge >= 0.3 is 0 Å². The first-order chi connectivity index (χ1) is 19.7. The number of likely N-dealkylation sites (N-methyl/N-ethyl adjacent to an activating group) is 1. The van der Waals surface area contributed by atoms with Gasteiger partial charge in [-0.3, -0.25) is 19.5 Å². The topological polar surface area (TPSA) is 139 Å². The third-order valence-electron chi connectivity index (χ3n) is 7.07. The molecule has 0 aliphatic carbocycles. The first-order valence-electron chi connectivity index (χ1n) is 14.3. The van der Waals surface area contributed by atoms with Crippen LogP contribution >= 0.6 is 0 Å². The van der Waals surface area contributed by atoms with E-state index in [1.54, 1.807) is 4.68 Å². The van der Waals surface area contributed by atoms with E-state index in [0.717, 1.165) is 29.1 Å². The average Bonchev–Trinajstić information content (AvgIpc) is 3.60. The first-order valence-corrected chi connectivity index (χ1v) is 14.3. The van der Waals surface area contributed by atoms with Crippen molar-refractivity contribution >= 4 is 23.1 Å². The third kappa shape index (κ3) is 5.80. The second-order valence-electron chi connectivity index (χ2n) is 9.97. The van der Waals surface area contributed by atoms with E-state index in [-0.39, 0.29) is 24.3 Å². The maximum absolute atomic E-state index is 13.1. The zero-order chi connectivity index (χ0) is 29.8. The molecule has 0 spiro atoms. The standard InChI is InChI=1S/C27H36N8O4.C2H6/c1-7-34-12-16(4)39-27-23(17(5)31-33(27)6)21-11-19-20(29-30-24(19)25(37)28-21)10-9-18-22(13-34)35(15(3)14-36)32-26(18)38-8-2;1-2/h9-11,15-16,36H,7-8,12-14H2,1-6H3,(H,28,37)(H,29,30);1-2H3/b10-9+;. The van der Waals surface area contributed by atoms with Crippen LogP contribution in [0.2, 0.25) is 0 Å². The fourth-order valence-electron chi connectivity index (χ4n) is 5.13. The summed E-state index contributed by atoms with van der Waals surface area (Å²) in [4.78, 5) is 18.3. The summed E-state index contributed by atoms with van der Waals surface area (Å²) in [5.41, 5.74) is 4.52. The highest BCUT2D eigenvalue weighted by Gasteiger charge is 2.26. The minimum absolute atomic E-state index is 0.0611. The molecule has 0 fully saturated rings. The molecule has 2 bridgehead atoms. The minimum atomic E-state index is -0.303. The van der Waals surface area contributed by atoms with Crippen LogP contribution in [0.25, 0.3) is 34.3 Å². The number of hydrogen-bond donors (Lipinski definition) is 3. The Labute approximate surface area is 240 Å². The summed E-state index contributed by atoms with van der Waals surface area (Å²) in [5, 5.41) is 27.3. The quantitative estimate of drug-likeness (QED) is 0.331. The Bertz CT molecular complexity index is 1580. The van der Waals surface area contributed by atoms with Gasteiger partial charge in [0.25, 0.3) is 5.56 Å². The summed E-state index contributed by atoms with van der Waals surface area (Å²) in [6.07, 6.45) is 3.64. The predicted octanol–water partition coefficient (Wildman–Crippen LogP) is 3.91. The number of aryl methyl sites for hydroxylation is 2. The second-order valence-corrected chi connectivity index (χ2v) is 9.97. The summed E-state index contributed by atoms with van der Waals surface area (Å²) in [5.74, 6) is 1.07. The van der Waals surface area contributed by atoms with Gasteiger partial charge in [0, 0.05) is 25.5 Å². The van der Waals surface area contributed by atoms with Gasteiger partial charge in [-0.1, -0.05) is 20.8 Å². The zero-order valence-corrected chi connectivity index (χ0v) is 25.3. The van der Waals surface area contributed by atoms with E-state index in [9.17, 15) is 9.90 Å². The molecule has 2 atom stereocenters. The van der Waals surface area contributed by atoms with Crippen LogP contribution in [0.4, 0.5) is 0 Å². The Balaban J connectivity index is 0.00000189. The number of nitrogens with one attached hydrogen (secondary N) is 2. The minimum Gasteiger partial charge on any atom is -0.476 e. The van der Waals surface area contributed by atoms with E-state index in [1.165, 1.54) is 0 Å². The number of rotatable bonds is 5. The molecule has 0 saturated carbocycles. The van der Waals surface area contributed by atoms with Gasteiger partial charge in [-0.05, 0) is 52.5 Å². The number of fused-ring (bicyclic) bond motifs is 4. The first kappa shape index (κ1) is 30.1. The fraction of sp³-hybridized carbons (Fsp3) is 0.517. The molecule has 3 N–H and O–H groups in total. The summed E-state index contributed by atoms with van der Waals surface area (Å²) in [6.45, 7) is 16.2. The number of aliphatic hydroxyl groups excluding tert-OH is 1. The second kappa shape index (κ2) is 12.7. The van der Waals surface area contributed by atoms with Crippen LogP contribution in [-0.4, -0.2) is 77.2 Å². The lowest BCUT2D eigenvalue weighted by Gasteiger charge is -2.26. The van der Waals surface area contributed by atoms with E-state index in [1.807, 2.05) is 71.5 Å². The van der Waals surface area contributed by atoms with Crippen molar-refractivity contribution < 1.29 is 14.6 Å². The molecule has 41 heavy (non-hydrogen) atoms. The molecule has 5 rings (SSSR count). The molecule has 12 heteroatoms. The highest BCUT2D eigenvalue weighted by atomic mass is 16.5. The SMILES string of the molecule is CC.CCOc1nn(C(C)CO)c2c1/C=C/c1[nH]nc3c(=O)[nH]c(cc13)-c1c(C)nn(C)c1OC(C)CN(CC)C2. The molecular formula is C29H42N8O4. The van der Waals surface area contributed by atoms with Gasteiger partial charge < -0.3 is 19.6 Å². The number of pyridine rings is 1. The highest BCUT2D eigenvalue weighted by Crippen LogP contribution is 2.34. The summed E-state index contributed by atoms with van der Waals surface area (Å²) < 4.78 is 16.0. The van der Waals surface area contributed by atoms with Gasteiger partial charge in [0.2, 0.25) is 11.8 Å². The average molecular weight is 567 g/mol. The number of ether oxygens (including phenoxy) is 2. The molecule has 4 aromatic heterocycles. The Hall–Kier alpha value is -3.90. The van der Waals surface area contributed by atoms with Gasteiger partial charge in [0.05, 0.1) is 53.2 Å². The maximum atomic E-state index is 13.1. The van der Waals surface area contributed by atoms with E-state index < -0.39 is 0 Å². The lowest BCUT2D eigenvalue weighted by Crippen LogP contribution is -2.35. The van der Waals surface area contributed by atoms with E-state index in [2.05, 4.69) is 32.1 Å². The zero-order valence-electron chi connectivity index (χ0n) is 25.3. The molecule has 222 valence electrons. The molecule has 4 aromatic rings. The van der Waals surface area contributed by atoms with Crippen LogP contribution in [0.3, 0.4) is 0 Å². The van der Waals surface area contributed by atoms with Gasteiger partial charge in [0.1, 0.15) is 6.10 Å². The maximum Gasteiger partial charge on any atom is 0.276 e. The van der Waals surface area contributed by atoms with Crippen molar-refractivity contribution in [2.24, 2.45) is 7.05 Å². The van der Waals surface area contributed by atoms with Crippen molar-refractivity contribution in [3.8, 4) is 23.0 Å². The lowest BCUT2D eigenvalue weighted by atomic mass is 10.1. The van der Waals surface area contributed by atoms with Crippen LogP contribution in [0, 0.1) is 6.92 Å². The van der Waals surface area contributed by atoms with Crippen LogP contribution in [0.1, 0.15) is 70.2 Å². The van der Waals surface area contributed by atoms with Crippen molar-refractivity contribution in [1.29, 1.82) is 0 Å². The number of aliphatic hydroxyl groups is 1. The molecule has 1 aliphatic rings. The van der Waals surface area contributed by atoms with Crippen molar-refractivity contribution in [2.75, 3.05) is 26.3 Å². The Kier molecular flexibility index (Phi) is 9.34. The van der Waals surface area contributed by atoms with Crippen LogP contribution in [0.15, 0.2) is 10.9 Å². The number of nitrogens with zero attached hydrogens (tertiary/aromatic N) is 6. The summed E-state index contributed by atoms with van der Waals surface area (Å²) in [6, 6.07) is 1.66. The molecule has 0 amide bonds. The largest absolute Gasteiger partial charge is 0.476 e. The van der Waals surface area contributed by atoms with Crippen molar-refractivity contribution in [2.45, 2.75) is 67.2 Å². The Morgan fingerprint density at radius 1 is 1.24 bits per heavy atom. The van der Waals surface area contributed by atoms with Gasteiger partial charge in [-0.2, -0.15) is 10.2 Å². The molecule has 1 aliphatic heterocycles. The van der Waals surface area contributed by atoms with Crippen LogP contribution < -0.4 is 15.0 Å². The number of aromatic amines is 2. The van der Waals surface area contributed by atoms with Crippen LogP contribution in [0.5, 0.6) is 11.8 Å². The third-order valence-corrected chi connectivity index (χ3v) is 7.07. The smallest absolute Gasteiger partial charge is 0.276 e. The lowest BCUT2D eigenvalue weighted by molar-refractivity contribution is 0.132. The predicted molar refractivity (Wildman–Crippen MR) is 160 cm³/mol. The highest BCUT2D eigenvalue weighted by molar-refractivity contribution is 5.92. The number of hydrogen-bond acceptors (Lipinski definition) is 8. The Morgan fingerprint density at radius 2 is 2.00 bits per heavy atom. The monoisotopic (exact) mass is 566 g/mol.